The lowest BCUT2D eigenvalue weighted by atomic mass is 9.83. The van der Waals surface area contributed by atoms with Gasteiger partial charge in [0.05, 0.1) is 4.90 Å². The van der Waals surface area contributed by atoms with Crippen LogP contribution in [-0.4, -0.2) is 50.1 Å². The molecule has 1 heterocycles. The molecule has 1 atom stereocenters. The molecule has 2 aliphatic rings. The lowest BCUT2D eigenvalue weighted by Crippen LogP contribution is -2.39. The highest BCUT2D eigenvalue weighted by Crippen LogP contribution is 2.29. The molecule has 1 saturated heterocycles. The van der Waals surface area contributed by atoms with Crippen molar-refractivity contribution in [1.82, 2.24) is 9.62 Å². The maximum absolute atomic E-state index is 13.2. The Morgan fingerprint density at radius 3 is 2.38 bits per heavy atom. The highest BCUT2D eigenvalue weighted by Gasteiger charge is 2.27. The molecule has 0 saturated carbocycles. The fraction of sp³-hybridized carbons (Fsp3) is 0.424. The number of nitrogens with one attached hydrogen (secondary N) is 1. The van der Waals surface area contributed by atoms with E-state index in [1.807, 2.05) is 12.1 Å². The van der Waals surface area contributed by atoms with Gasteiger partial charge >= 0.3 is 5.97 Å². The lowest BCUT2D eigenvalue weighted by Gasteiger charge is -2.32. The van der Waals surface area contributed by atoms with Crippen molar-refractivity contribution in [2.45, 2.75) is 68.7 Å². The minimum atomic E-state index is -3.68. The first kappa shape index (κ1) is 30.7. The molecular weight excluding hydrogens is 575 g/mol. The van der Waals surface area contributed by atoms with Gasteiger partial charge in [-0.15, -0.1) is 0 Å². The molecule has 0 aromatic heterocycles. The number of piperidine rings is 1. The summed E-state index contributed by atoms with van der Waals surface area (Å²) in [5.74, 6) is -0.412. The van der Waals surface area contributed by atoms with E-state index >= 15 is 0 Å². The monoisotopic (exact) mass is 612 g/mol. The van der Waals surface area contributed by atoms with Gasteiger partial charge in [-0.05, 0) is 135 Å². The SMILES string of the molecule is O=C(O)CCc1cc(CCN2CCC(Cc3ccc(F)cc3)CC2)cc2c1CCC(NS(=O)(=O)c1ccc(Cl)cc1)C2. The highest BCUT2D eigenvalue weighted by molar-refractivity contribution is 7.89. The number of fused-ring (bicyclic) bond motifs is 1. The van der Waals surface area contributed by atoms with E-state index in [1.54, 1.807) is 12.1 Å². The number of hydrogen-bond acceptors (Lipinski definition) is 4. The highest BCUT2D eigenvalue weighted by atomic mass is 35.5. The molecule has 5 rings (SSSR count). The Kier molecular flexibility index (Phi) is 9.99. The second-order valence-corrected chi connectivity index (χ2v) is 13.8. The van der Waals surface area contributed by atoms with Crippen LogP contribution in [0.15, 0.2) is 65.6 Å². The largest absolute Gasteiger partial charge is 0.481 e. The summed E-state index contributed by atoms with van der Waals surface area (Å²) in [5, 5.41) is 9.82. The van der Waals surface area contributed by atoms with Crippen LogP contribution in [0.5, 0.6) is 0 Å². The molecule has 3 aromatic rings. The van der Waals surface area contributed by atoms with Gasteiger partial charge in [-0.25, -0.2) is 17.5 Å². The Morgan fingerprint density at radius 2 is 1.69 bits per heavy atom. The normalized spacial score (nSPS) is 18.1. The lowest BCUT2D eigenvalue weighted by molar-refractivity contribution is -0.136. The topological polar surface area (TPSA) is 86.7 Å². The quantitative estimate of drug-likeness (QED) is 0.285. The third kappa shape index (κ3) is 8.19. The Labute approximate surface area is 253 Å². The molecule has 2 N–H and O–H groups in total. The van der Waals surface area contributed by atoms with Gasteiger partial charge in [0.2, 0.25) is 10.0 Å². The number of rotatable bonds is 11. The number of hydrogen-bond donors (Lipinski definition) is 2. The number of benzene rings is 3. The Balaban J connectivity index is 1.22. The Hall–Kier alpha value is -2.78. The van der Waals surface area contributed by atoms with Crippen LogP contribution in [0.3, 0.4) is 0 Å². The van der Waals surface area contributed by atoms with Crippen molar-refractivity contribution in [2.24, 2.45) is 5.92 Å². The van der Waals surface area contributed by atoms with Crippen molar-refractivity contribution in [3.05, 3.63) is 99.3 Å². The van der Waals surface area contributed by atoms with Gasteiger partial charge < -0.3 is 10.0 Å². The van der Waals surface area contributed by atoms with Crippen molar-refractivity contribution in [2.75, 3.05) is 19.6 Å². The summed E-state index contributed by atoms with van der Waals surface area (Å²) in [5.41, 5.74) is 5.71. The van der Waals surface area contributed by atoms with Crippen molar-refractivity contribution >= 4 is 27.6 Å². The molecule has 1 fully saturated rings. The van der Waals surface area contributed by atoms with E-state index in [0.29, 0.717) is 36.6 Å². The molecule has 3 aromatic carbocycles. The number of carboxylic acid groups (broad SMARTS) is 1. The summed E-state index contributed by atoms with van der Waals surface area (Å²) >= 11 is 5.93. The second-order valence-electron chi connectivity index (χ2n) is 11.7. The van der Waals surface area contributed by atoms with Crippen molar-refractivity contribution in [3.63, 3.8) is 0 Å². The zero-order valence-electron chi connectivity index (χ0n) is 23.7. The van der Waals surface area contributed by atoms with E-state index < -0.39 is 16.0 Å². The number of aryl methyl sites for hydroxylation is 1. The van der Waals surface area contributed by atoms with E-state index in [2.05, 4.69) is 21.8 Å². The van der Waals surface area contributed by atoms with E-state index in [0.717, 1.165) is 56.4 Å². The summed E-state index contributed by atoms with van der Waals surface area (Å²) in [6.45, 7) is 2.97. The molecular formula is C33H38ClFN2O4S. The fourth-order valence-electron chi connectivity index (χ4n) is 6.33. The minimum Gasteiger partial charge on any atom is -0.481 e. The molecule has 0 spiro atoms. The van der Waals surface area contributed by atoms with Gasteiger partial charge in [-0.3, -0.25) is 4.79 Å². The molecule has 224 valence electrons. The van der Waals surface area contributed by atoms with Crippen LogP contribution in [0.2, 0.25) is 5.02 Å². The summed E-state index contributed by atoms with van der Waals surface area (Å²) in [4.78, 5) is 14.0. The first-order chi connectivity index (χ1) is 20.1. The molecule has 1 unspecified atom stereocenters. The minimum absolute atomic E-state index is 0.0735. The molecule has 9 heteroatoms. The van der Waals surface area contributed by atoms with Gasteiger partial charge in [0.25, 0.3) is 0 Å². The van der Waals surface area contributed by atoms with Crippen LogP contribution >= 0.6 is 11.6 Å². The first-order valence-electron chi connectivity index (χ1n) is 14.7. The number of carboxylic acids is 1. The van der Waals surface area contributed by atoms with Gasteiger partial charge in [0.15, 0.2) is 0 Å². The van der Waals surface area contributed by atoms with Crippen molar-refractivity contribution in [1.29, 1.82) is 0 Å². The average Bonchev–Trinajstić information content (AvgIpc) is 2.96. The maximum atomic E-state index is 13.2. The molecule has 1 aliphatic heterocycles. The summed E-state index contributed by atoms with van der Waals surface area (Å²) < 4.78 is 42.1. The molecule has 0 bridgehead atoms. The van der Waals surface area contributed by atoms with E-state index in [1.165, 1.54) is 41.0 Å². The smallest absolute Gasteiger partial charge is 0.303 e. The molecule has 6 nitrogen and oxygen atoms in total. The number of likely N-dealkylation sites (tertiary alicyclic amines) is 1. The third-order valence-corrected chi connectivity index (χ3v) is 10.4. The van der Waals surface area contributed by atoms with Crippen LogP contribution in [0.4, 0.5) is 4.39 Å². The molecule has 1 aliphatic carbocycles. The zero-order chi connectivity index (χ0) is 29.7. The van der Waals surface area contributed by atoms with Gasteiger partial charge in [0, 0.05) is 24.0 Å². The fourth-order valence-corrected chi connectivity index (χ4v) is 7.72. The van der Waals surface area contributed by atoms with Gasteiger partial charge in [-0.1, -0.05) is 35.9 Å². The van der Waals surface area contributed by atoms with E-state index in [4.69, 9.17) is 11.6 Å². The number of sulfonamides is 1. The second kappa shape index (κ2) is 13.7. The summed E-state index contributed by atoms with van der Waals surface area (Å²) in [6, 6.07) is 17.1. The summed E-state index contributed by atoms with van der Waals surface area (Å²) in [6.07, 6.45) is 6.55. The van der Waals surface area contributed by atoms with E-state index in [-0.39, 0.29) is 23.2 Å². The van der Waals surface area contributed by atoms with Crippen LogP contribution in [0.25, 0.3) is 0 Å². The number of nitrogens with zero attached hydrogens (tertiary/aromatic N) is 1. The standard InChI is InChI=1S/C33H38ClFN2O4S/c34-28-4-9-31(10-5-28)42(40,41)36-30-8-11-32-26(3-12-33(38)39)20-25(21-27(32)22-30)15-18-37-16-13-24(14-17-37)19-23-1-6-29(35)7-2-23/h1-2,4-7,9-10,20-21,24,30,36H,3,8,11-19,22H2,(H,38,39). The zero-order valence-corrected chi connectivity index (χ0v) is 25.3. The number of carbonyl (C=O) groups is 1. The summed E-state index contributed by atoms with van der Waals surface area (Å²) in [7, 11) is -3.68. The van der Waals surface area contributed by atoms with Crippen LogP contribution < -0.4 is 4.72 Å². The molecule has 0 amide bonds. The number of aliphatic carboxylic acids is 1. The third-order valence-electron chi connectivity index (χ3n) is 8.62. The maximum Gasteiger partial charge on any atom is 0.303 e. The molecule has 42 heavy (non-hydrogen) atoms. The van der Waals surface area contributed by atoms with Gasteiger partial charge in [0.1, 0.15) is 5.82 Å². The van der Waals surface area contributed by atoms with Crippen molar-refractivity contribution < 1.29 is 22.7 Å². The van der Waals surface area contributed by atoms with E-state index in [9.17, 15) is 22.7 Å². The van der Waals surface area contributed by atoms with Crippen LogP contribution in [0, 0.1) is 11.7 Å². The van der Waals surface area contributed by atoms with Crippen molar-refractivity contribution in [3.8, 4) is 0 Å². The average molecular weight is 613 g/mol. The number of halogens is 2. The Morgan fingerprint density at radius 1 is 0.976 bits per heavy atom. The predicted octanol–water partition coefficient (Wildman–Crippen LogP) is 5.83. The van der Waals surface area contributed by atoms with Crippen LogP contribution in [0.1, 0.15) is 53.5 Å². The van der Waals surface area contributed by atoms with Gasteiger partial charge in [-0.2, -0.15) is 0 Å². The predicted molar refractivity (Wildman–Crippen MR) is 163 cm³/mol. The van der Waals surface area contributed by atoms with Crippen LogP contribution in [-0.2, 0) is 46.9 Å². The first-order valence-corrected chi connectivity index (χ1v) is 16.6. The molecule has 0 radical (unpaired) electrons. The Bertz CT molecular complexity index is 1490.